The second kappa shape index (κ2) is 10.6. The number of carbonyl (C=O) groups is 2. The third-order valence-electron chi connectivity index (χ3n) is 4.52. The fourth-order valence-corrected chi connectivity index (χ4v) is 6.21. The maximum absolute atomic E-state index is 12.7. The Morgan fingerprint density at radius 1 is 1.26 bits per heavy atom. The minimum absolute atomic E-state index is 0.160. The highest BCUT2D eigenvalue weighted by Gasteiger charge is 2.26. The Hall–Kier alpha value is -1.99. The van der Waals surface area contributed by atoms with E-state index in [4.69, 9.17) is 10.5 Å². The van der Waals surface area contributed by atoms with Gasteiger partial charge >= 0.3 is 0 Å². The zero-order chi connectivity index (χ0) is 22.4. The van der Waals surface area contributed by atoms with Crippen LogP contribution >= 0.6 is 23.1 Å². The average molecular weight is 485 g/mol. The molecular formula is C19H24N4O5S3. The summed E-state index contributed by atoms with van der Waals surface area (Å²) in [6, 6.07) is 6.61. The van der Waals surface area contributed by atoms with Gasteiger partial charge in [-0.05, 0) is 31.0 Å². The molecule has 0 saturated carbocycles. The third kappa shape index (κ3) is 6.50. The van der Waals surface area contributed by atoms with Crippen LogP contribution in [0.1, 0.15) is 17.7 Å². The van der Waals surface area contributed by atoms with E-state index in [0.29, 0.717) is 37.9 Å². The number of nitrogens with two attached hydrogens (primary N) is 1. The Morgan fingerprint density at radius 3 is 2.58 bits per heavy atom. The number of rotatable bonds is 9. The van der Waals surface area contributed by atoms with Crippen LogP contribution in [0.5, 0.6) is 0 Å². The van der Waals surface area contributed by atoms with Gasteiger partial charge in [-0.1, -0.05) is 23.5 Å². The van der Waals surface area contributed by atoms with Crippen molar-refractivity contribution in [2.45, 2.75) is 28.9 Å². The van der Waals surface area contributed by atoms with Crippen molar-refractivity contribution in [3.05, 3.63) is 35.5 Å². The predicted octanol–water partition coefficient (Wildman–Crippen LogP) is 1.62. The van der Waals surface area contributed by atoms with E-state index in [1.165, 1.54) is 27.4 Å². The second-order valence-corrected chi connectivity index (χ2v) is 11.0. The van der Waals surface area contributed by atoms with Crippen molar-refractivity contribution in [2.75, 3.05) is 37.4 Å². The first kappa shape index (κ1) is 23.7. The molecule has 3 N–H and O–H groups in total. The van der Waals surface area contributed by atoms with Crippen molar-refractivity contribution < 1.29 is 22.7 Å². The first-order valence-corrected chi connectivity index (χ1v) is 12.8. The fraction of sp³-hybridized carbons (Fsp3) is 0.421. The van der Waals surface area contributed by atoms with E-state index in [1.54, 1.807) is 24.3 Å². The molecule has 31 heavy (non-hydrogen) atoms. The van der Waals surface area contributed by atoms with Crippen LogP contribution in [0.4, 0.5) is 5.13 Å². The molecule has 168 valence electrons. The molecule has 2 aromatic rings. The summed E-state index contributed by atoms with van der Waals surface area (Å²) in [6.45, 7) is 3.31. The van der Waals surface area contributed by atoms with E-state index in [1.807, 2.05) is 6.92 Å². The summed E-state index contributed by atoms with van der Waals surface area (Å²) < 4.78 is 32.8. The number of benzene rings is 1. The monoisotopic (exact) mass is 484 g/mol. The lowest BCUT2D eigenvalue weighted by atomic mass is 10.1. The number of nitrogens with one attached hydrogen (secondary N) is 1. The van der Waals surface area contributed by atoms with Crippen molar-refractivity contribution >= 4 is 50.1 Å². The number of morpholine rings is 1. The van der Waals surface area contributed by atoms with Gasteiger partial charge in [-0.3, -0.25) is 9.59 Å². The van der Waals surface area contributed by atoms with Crippen LogP contribution in [0.3, 0.4) is 0 Å². The number of hydrogen-bond acceptors (Lipinski definition) is 8. The van der Waals surface area contributed by atoms with Crippen LogP contribution in [-0.2, 0) is 30.8 Å². The largest absolute Gasteiger partial charge is 0.379 e. The molecule has 0 unspecified atom stereocenters. The van der Waals surface area contributed by atoms with Gasteiger partial charge in [0, 0.05) is 19.5 Å². The number of ether oxygens (including phenoxy) is 1. The summed E-state index contributed by atoms with van der Waals surface area (Å²) in [5.41, 5.74) is 6.76. The minimum atomic E-state index is -3.53. The molecule has 0 radical (unpaired) electrons. The van der Waals surface area contributed by atoms with Crippen LogP contribution in [0.15, 0.2) is 33.4 Å². The molecule has 3 rings (SSSR count). The average Bonchev–Trinajstić information content (AvgIpc) is 3.10. The molecule has 9 nitrogen and oxygen atoms in total. The number of thioether (sulfide) groups is 1. The summed E-state index contributed by atoms with van der Waals surface area (Å²) in [4.78, 5) is 27.7. The van der Waals surface area contributed by atoms with E-state index < -0.39 is 15.9 Å². The lowest BCUT2D eigenvalue weighted by Gasteiger charge is -2.26. The Bertz CT molecular complexity index is 1030. The number of amides is 2. The molecule has 1 fully saturated rings. The molecule has 1 aliphatic rings. The van der Waals surface area contributed by atoms with E-state index >= 15 is 0 Å². The van der Waals surface area contributed by atoms with Gasteiger partial charge in [0.2, 0.25) is 21.8 Å². The number of hydrogen-bond donors (Lipinski definition) is 2. The van der Waals surface area contributed by atoms with Crippen LogP contribution < -0.4 is 11.1 Å². The number of nitrogens with zero attached hydrogens (tertiary/aromatic N) is 2. The molecule has 2 amide bonds. The number of aromatic nitrogens is 1. The van der Waals surface area contributed by atoms with Crippen molar-refractivity contribution in [2.24, 2.45) is 5.73 Å². The van der Waals surface area contributed by atoms with Gasteiger partial charge in [0.15, 0.2) is 5.13 Å². The molecule has 0 bridgehead atoms. The van der Waals surface area contributed by atoms with E-state index in [9.17, 15) is 18.0 Å². The maximum atomic E-state index is 12.7. The van der Waals surface area contributed by atoms with Crippen LogP contribution in [0, 0.1) is 6.92 Å². The Labute approximate surface area is 189 Å². The van der Waals surface area contributed by atoms with Gasteiger partial charge in [0.1, 0.15) is 0 Å². The molecule has 1 aliphatic heterocycles. The summed E-state index contributed by atoms with van der Waals surface area (Å²) >= 11 is 2.60. The SMILES string of the molecule is Cc1nc(NC(=O)CCc2ccc(S(=O)(=O)N3CCOCC3)cc2)sc1SCC(N)=O. The molecule has 0 spiro atoms. The van der Waals surface area contributed by atoms with Gasteiger partial charge in [-0.15, -0.1) is 11.8 Å². The molecule has 2 heterocycles. The summed E-state index contributed by atoms with van der Waals surface area (Å²) in [7, 11) is -3.53. The van der Waals surface area contributed by atoms with Gasteiger partial charge in [-0.2, -0.15) is 4.31 Å². The highest BCUT2D eigenvalue weighted by Crippen LogP contribution is 2.32. The quantitative estimate of drug-likeness (QED) is 0.517. The summed E-state index contributed by atoms with van der Waals surface area (Å²) in [5.74, 6) is -0.439. The smallest absolute Gasteiger partial charge is 0.243 e. The van der Waals surface area contributed by atoms with Gasteiger partial charge < -0.3 is 15.8 Å². The normalized spacial score (nSPS) is 15.0. The number of thiazole rings is 1. The molecule has 1 saturated heterocycles. The van der Waals surface area contributed by atoms with Crippen LogP contribution in [0.2, 0.25) is 0 Å². The summed E-state index contributed by atoms with van der Waals surface area (Å²) in [6.07, 6.45) is 0.704. The van der Waals surface area contributed by atoms with Gasteiger partial charge in [-0.25, -0.2) is 13.4 Å². The lowest BCUT2D eigenvalue weighted by molar-refractivity contribution is -0.116. The highest BCUT2D eigenvalue weighted by atomic mass is 32.2. The number of aryl methyl sites for hydroxylation is 2. The van der Waals surface area contributed by atoms with Gasteiger partial charge in [0.05, 0.1) is 33.8 Å². The van der Waals surface area contributed by atoms with Crippen molar-refractivity contribution in [3.8, 4) is 0 Å². The third-order valence-corrected chi connectivity index (χ3v) is 8.89. The van der Waals surface area contributed by atoms with E-state index in [-0.39, 0.29) is 23.0 Å². The predicted molar refractivity (Wildman–Crippen MR) is 120 cm³/mol. The van der Waals surface area contributed by atoms with E-state index in [0.717, 1.165) is 15.5 Å². The zero-order valence-electron chi connectivity index (χ0n) is 17.0. The number of anilines is 1. The number of primary amides is 1. The maximum Gasteiger partial charge on any atom is 0.243 e. The molecule has 0 atom stereocenters. The fourth-order valence-electron chi connectivity index (χ4n) is 2.91. The number of sulfonamides is 1. The molecule has 0 aliphatic carbocycles. The molecule has 1 aromatic carbocycles. The Morgan fingerprint density at radius 2 is 1.94 bits per heavy atom. The van der Waals surface area contributed by atoms with Crippen molar-refractivity contribution in [1.82, 2.24) is 9.29 Å². The molecule has 12 heteroatoms. The molecule has 1 aromatic heterocycles. The Balaban J connectivity index is 1.52. The van der Waals surface area contributed by atoms with Crippen molar-refractivity contribution in [1.29, 1.82) is 0 Å². The topological polar surface area (TPSA) is 132 Å². The highest BCUT2D eigenvalue weighted by molar-refractivity contribution is 8.01. The van der Waals surface area contributed by atoms with Gasteiger partial charge in [0.25, 0.3) is 0 Å². The second-order valence-electron chi connectivity index (χ2n) is 6.86. The zero-order valence-corrected chi connectivity index (χ0v) is 19.4. The van der Waals surface area contributed by atoms with Crippen LogP contribution in [-0.4, -0.2) is 61.6 Å². The Kier molecular flexibility index (Phi) is 8.06. The first-order valence-electron chi connectivity index (χ1n) is 9.61. The van der Waals surface area contributed by atoms with Crippen molar-refractivity contribution in [3.63, 3.8) is 0 Å². The molecular weight excluding hydrogens is 460 g/mol. The minimum Gasteiger partial charge on any atom is -0.379 e. The standard InChI is InChI=1S/C19H24N4O5S3/c1-13-18(29-12-16(20)24)30-19(21-13)22-17(25)7-4-14-2-5-15(6-3-14)31(26,27)23-8-10-28-11-9-23/h2-3,5-6H,4,7-12H2,1H3,(H2,20,24)(H,21,22,25). The van der Waals surface area contributed by atoms with E-state index in [2.05, 4.69) is 10.3 Å². The lowest BCUT2D eigenvalue weighted by Crippen LogP contribution is -2.40. The number of carbonyl (C=O) groups excluding carboxylic acids is 2. The first-order chi connectivity index (χ1) is 14.8. The summed E-state index contributed by atoms with van der Waals surface area (Å²) in [5, 5.41) is 3.24. The van der Waals surface area contributed by atoms with Crippen LogP contribution in [0.25, 0.3) is 0 Å².